The first kappa shape index (κ1) is 19.0. The number of likely N-dealkylation sites (tertiary alicyclic amines) is 1. The molecule has 1 amide bonds. The van der Waals surface area contributed by atoms with Gasteiger partial charge < -0.3 is 14.4 Å². The van der Waals surface area contributed by atoms with Crippen molar-refractivity contribution in [3.63, 3.8) is 0 Å². The van der Waals surface area contributed by atoms with Gasteiger partial charge in [0.25, 0.3) is 15.9 Å². The second kappa shape index (κ2) is 7.87. The first-order chi connectivity index (χ1) is 12.9. The zero-order valence-electron chi connectivity index (χ0n) is 15.3. The van der Waals surface area contributed by atoms with Gasteiger partial charge in [0.15, 0.2) is 0 Å². The number of amides is 1. The Bertz CT molecular complexity index is 920. The van der Waals surface area contributed by atoms with E-state index >= 15 is 0 Å². The van der Waals surface area contributed by atoms with Gasteiger partial charge in [-0.25, -0.2) is 8.42 Å². The van der Waals surface area contributed by atoms with E-state index in [1.54, 1.807) is 35.2 Å². The number of nitrogens with zero attached hydrogens (tertiary/aromatic N) is 1. The number of methoxy groups -OCH3 is 2. The molecule has 0 atom stereocenters. The van der Waals surface area contributed by atoms with E-state index in [2.05, 4.69) is 4.72 Å². The molecule has 144 valence electrons. The third kappa shape index (κ3) is 4.16. The second-order valence-corrected chi connectivity index (χ2v) is 7.88. The summed E-state index contributed by atoms with van der Waals surface area (Å²) in [7, 11) is -0.855. The fourth-order valence-corrected chi connectivity index (χ4v) is 4.04. The average Bonchev–Trinajstić information content (AvgIpc) is 3.22. The minimum absolute atomic E-state index is 0.0679. The van der Waals surface area contributed by atoms with Crippen molar-refractivity contribution in [3.8, 4) is 11.5 Å². The number of carbonyl (C=O) groups is 1. The lowest BCUT2D eigenvalue weighted by Gasteiger charge is -2.16. The molecule has 0 spiro atoms. The molecule has 0 aliphatic carbocycles. The Morgan fingerprint density at radius 3 is 2.26 bits per heavy atom. The van der Waals surface area contributed by atoms with Crippen molar-refractivity contribution in [2.24, 2.45) is 0 Å². The number of benzene rings is 2. The van der Waals surface area contributed by atoms with E-state index in [0.29, 0.717) is 22.7 Å². The summed E-state index contributed by atoms with van der Waals surface area (Å²) in [5, 5.41) is 0. The number of hydrogen-bond donors (Lipinski definition) is 1. The van der Waals surface area contributed by atoms with E-state index in [-0.39, 0.29) is 10.8 Å². The number of carbonyl (C=O) groups excluding carboxylic acids is 1. The number of sulfonamides is 1. The van der Waals surface area contributed by atoms with Crippen molar-refractivity contribution in [1.29, 1.82) is 0 Å². The van der Waals surface area contributed by atoms with Crippen molar-refractivity contribution in [2.45, 2.75) is 17.7 Å². The lowest BCUT2D eigenvalue weighted by Crippen LogP contribution is -2.27. The summed E-state index contributed by atoms with van der Waals surface area (Å²) >= 11 is 0. The fraction of sp³-hybridized carbons (Fsp3) is 0.316. The molecule has 2 aromatic carbocycles. The topological polar surface area (TPSA) is 84.9 Å². The molecular weight excluding hydrogens is 368 g/mol. The molecule has 1 saturated heterocycles. The van der Waals surface area contributed by atoms with Gasteiger partial charge >= 0.3 is 0 Å². The van der Waals surface area contributed by atoms with Gasteiger partial charge in [0.05, 0.1) is 24.8 Å². The van der Waals surface area contributed by atoms with Crippen LogP contribution in [0.2, 0.25) is 0 Å². The van der Waals surface area contributed by atoms with Crippen molar-refractivity contribution in [2.75, 3.05) is 32.0 Å². The maximum atomic E-state index is 12.7. The van der Waals surface area contributed by atoms with Crippen LogP contribution in [0.3, 0.4) is 0 Å². The number of hydrogen-bond acceptors (Lipinski definition) is 5. The minimum Gasteiger partial charge on any atom is -0.497 e. The van der Waals surface area contributed by atoms with Crippen LogP contribution in [0.25, 0.3) is 0 Å². The number of anilines is 1. The molecule has 1 fully saturated rings. The van der Waals surface area contributed by atoms with Gasteiger partial charge in [-0.2, -0.15) is 0 Å². The van der Waals surface area contributed by atoms with Crippen molar-refractivity contribution >= 4 is 21.6 Å². The lowest BCUT2D eigenvalue weighted by atomic mass is 10.2. The third-order valence-electron chi connectivity index (χ3n) is 4.46. The highest BCUT2D eigenvalue weighted by molar-refractivity contribution is 7.92. The molecule has 3 rings (SSSR count). The normalized spacial score (nSPS) is 14.1. The van der Waals surface area contributed by atoms with Gasteiger partial charge in [-0.1, -0.05) is 0 Å². The molecule has 0 radical (unpaired) electrons. The van der Waals surface area contributed by atoms with Gasteiger partial charge in [-0.05, 0) is 49.2 Å². The number of ether oxygens (including phenoxy) is 2. The van der Waals surface area contributed by atoms with Gasteiger partial charge in [-0.3, -0.25) is 9.52 Å². The first-order valence-corrected chi connectivity index (χ1v) is 10.1. The van der Waals surface area contributed by atoms with Crippen LogP contribution in [0.15, 0.2) is 47.4 Å². The van der Waals surface area contributed by atoms with Gasteiger partial charge in [0.2, 0.25) is 0 Å². The molecule has 0 bridgehead atoms. The summed E-state index contributed by atoms with van der Waals surface area (Å²) in [5.74, 6) is 0.833. The van der Waals surface area contributed by atoms with Gasteiger partial charge in [0, 0.05) is 24.7 Å². The monoisotopic (exact) mass is 390 g/mol. The zero-order valence-corrected chi connectivity index (χ0v) is 16.1. The largest absolute Gasteiger partial charge is 0.497 e. The molecule has 0 aromatic heterocycles. The predicted octanol–water partition coefficient (Wildman–Crippen LogP) is 2.74. The highest BCUT2D eigenvalue weighted by atomic mass is 32.2. The van der Waals surface area contributed by atoms with E-state index in [4.69, 9.17) is 9.47 Å². The highest BCUT2D eigenvalue weighted by Crippen LogP contribution is 2.31. The Labute approximate surface area is 158 Å². The van der Waals surface area contributed by atoms with E-state index < -0.39 is 10.0 Å². The van der Waals surface area contributed by atoms with Crippen LogP contribution >= 0.6 is 0 Å². The molecule has 0 unspecified atom stereocenters. The van der Waals surface area contributed by atoms with Crippen LogP contribution in [0, 0.1) is 0 Å². The molecule has 2 aromatic rings. The Balaban J connectivity index is 1.80. The Kier molecular flexibility index (Phi) is 5.55. The molecule has 1 aliphatic rings. The quantitative estimate of drug-likeness (QED) is 0.820. The van der Waals surface area contributed by atoms with E-state index in [1.165, 1.54) is 26.4 Å². The smallest absolute Gasteiger partial charge is 0.262 e. The molecule has 1 heterocycles. The summed E-state index contributed by atoms with van der Waals surface area (Å²) in [6, 6.07) is 10.7. The van der Waals surface area contributed by atoms with E-state index in [0.717, 1.165) is 25.9 Å². The summed E-state index contributed by atoms with van der Waals surface area (Å²) in [4.78, 5) is 14.2. The second-order valence-electron chi connectivity index (χ2n) is 6.20. The third-order valence-corrected chi connectivity index (χ3v) is 5.84. The van der Waals surface area contributed by atoms with Crippen LogP contribution in [0.5, 0.6) is 11.5 Å². The molecule has 1 aliphatic heterocycles. The van der Waals surface area contributed by atoms with Crippen LogP contribution in [0.4, 0.5) is 5.69 Å². The Morgan fingerprint density at radius 2 is 1.67 bits per heavy atom. The van der Waals surface area contributed by atoms with E-state index in [9.17, 15) is 13.2 Å². The summed E-state index contributed by atoms with van der Waals surface area (Å²) in [5.41, 5.74) is 0.786. The molecule has 0 saturated carbocycles. The van der Waals surface area contributed by atoms with Crippen LogP contribution in [-0.2, 0) is 10.0 Å². The van der Waals surface area contributed by atoms with E-state index in [1.807, 2.05) is 0 Å². The summed E-state index contributed by atoms with van der Waals surface area (Å²) in [6.07, 6.45) is 2.01. The number of rotatable bonds is 6. The van der Waals surface area contributed by atoms with Crippen molar-refractivity contribution in [3.05, 3.63) is 48.0 Å². The minimum atomic E-state index is -3.82. The standard InChI is InChI=1S/C19H22N2O5S/c1-25-15-7-10-17(18(13-15)26-2)20-27(23,24)16-8-5-14(6-9-16)19(22)21-11-3-4-12-21/h5-10,13,20H,3-4,11-12H2,1-2H3. The molecule has 1 N–H and O–H groups in total. The zero-order chi connectivity index (χ0) is 19.4. The predicted molar refractivity (Wildman–Crippen MR) is 102 cm³/mol. The average molecular weight is 390 g/mol. The molecular formula is C19H22N2O5S. The SMILES string of the molecule is COc1ccc(NS(=O)(=O)c2ccc(C(=O)N3CCCC3)cc2)c(OC)c1. The van der Waals surface area contributed by atoms with Crippen molar-refractivity contribution < 1.29 is 22.7 Å². The Morgan fingerprint density at radius 1 is 1.00 bits per heavy atom. The lowest BCUT2D eigenvalue weighted by molar-refractivity contribution is 0.0792. The van der Waals surface area contributed by atoms with Crippen LogP contribution in [-0.4, -0.2) is 46.5 Å². The maximum Gasteiger partial charge on any atom is 0.262 e. The van der Waals surface area contributed by atoms with Crippen LogP contribution in [0.1, 0.15) is 23.2 Å². The maximum absolute atomic E-state index is 12.7. The van der Waals surface area contributed by atoms with Gasteiger partial charge in [-0.15, -0.1) is 0 Å². The molecule has 27 heavy (non-hydrogen) atoms. The number of nitrogens with one attached hydrogen (secondary N) is 1. The summed E-state index contributed by atoms with van der Waals surface area (Å²) < 4.78 is 38.2. The van der Waals surface area contributed by atoms with Crippen LogP contribution < -0.4 is 14.2 Å². The summed E-state index contributed by atoms with van der Waals surface area (Å²) in [6.45, 7) is 1.50. The fourth-order valence-electron chi connectivity index (χ4n) is 2.97. The first-order valence-electron chi connectivity index (χ1n) is 8.59. The molecule has 7 nitrogen and oxygen atoms in total. The van der Waals surface area contributed by atoms with Gasteiger partial charge in [0.1, 0.15) is 11.5 Å². The highest BCUT2D eigenvalue weighted by Gasteiger charge is 2.21. The van der Waals surface area contributed by atoms with Crippen molar-refractivity contribution in [1.82, 2.24) is 4.90 Å². The molecule has 8 heteroatoms. The Hall–Kier alpha value is -2.74.